The van der Waals surface area contributed by atoms with E-state index in [2.05, 4.69) is 10.6 Å². The van der Waals surface area contributed by atoms with Gasteiger partial charge >= 0.3 is 0 Å². The number of amides is 1. The topological polar surface area (TPSA) is 127 Å². The van der Waals surface area contributed by atoms with Crippen LogP contribution in [0.3, 0.4) is 0 Å². The Balaban J connectivity index is 2.11. The number of para-hydroxylation sites is 1. The average molecular weight is 284 g/mol. The van der Waals surface area contributed by atoms with Crippen molar-refractivity contribution in [2.24, 2.45) is 5.14 Å². The van der Waals surface area contributed by atoms with Crippen LogP contribution >= 0.6 is 0 Å². The summed E-state index contributed by atoms with van der Waals surface area (Å²) in [6.07, 6.45) is 1.26. The number of benzene rings is 1. The molecule has 0 spiro atoms. The molecule has 1 aromatic carbocycles. The Morgan fingerprint density at radius 1 is 1.42 bits per heavy atom. The molecule has 1 aliphatic rings. The van der Waals surface area contributed by atoms with Crippen molar-refractivity contribution in [2.75, 3.05) is 17.6 Å². The molecule has 1 amide bonds. The van der Waals surface area contributed by atoms with Crippen LogP contribution < -0.4 is 21.5 Å². The summed E-state index contributed by atoms with van der Waals surface area (Å²) in [4.78, 5) is 11.0. The Morgan fingerprint density at radius 3 is 2.74 bits per heavy atom. The van der Waals surface area contributed by atoms with Crippen molar-refractivity contribution in [2.45, 2.75) is 23.8 Å². The van der Waals surface area contributed by atoms with Crippen molar-refractivity contribution in [3.05, 3.63) is 18.2 Å². The van der Waals surface area contributed by atoms with Gasteiger partial charge in [-0.05, 0) is 18.6 Å². The van der Waals surface area contributed by atoms with E-state index in [4.69, 9.17) is 10.9 Å². The molecule has 1 aromatic rings. The van der Waals surface area contributed by atoms with Gasteiger partial charge < -0.3 is 16.4 Å². The Hall–Kier alpha value is -1.80. The molecule has 104 valence electrons. The molecule has 1 atom stereocenters. The van der Waals surface area contributed by atoms with Gasteiger partial charge in [-0.2, -0.15) is 0 Å². The van der Waals surface area contributed by atoms with Crippen LogP contribution in [0, 0.1) is 0 Å². The van der Waals surface area contributed by atoms with Crippen LogP contribution in [0.1, 0.15) is 12.8 Å². The van der Waals surface area contributed by atoms with Crippen LogP contribution in [0.4, 0.5) is 11.4 Å². The maximum Gasteiger partial charge on any atom is 0.240 e. The van der Waals surface area contributed by atoms with Gasteiger partial charge in [0.25, 0.3) is 0 Å². The zero-order valence-corrected chi connectivity index (χ0v) is 11.0. The number of carbonyl (C=O) groups is 1. The molecule has 0 radical (unpaired) electrons. The van der Waals surface area contributed by atoms with E-state index in [1.165, 1.54) is 6.07 Å². The summed E-state index contributed by atoms with van der Waals surface area (Å²) in [5.74, 6) is 0.0260. The van der Waals surface area contributed by atoms with Gasteiger partial charge in [-0.1, -0.05) is 6.07 Å². The van der Waals surface area contributed by atoms with E-state index in [9.17, 15) is 13.2 Å². The smallest absolute Gasteiger partial charge is 0.240 e. The quantitative estimate of drug-likeness (QED) is 0.560. The second-order valence-electron chi connectivity index (χ2n) is 4.45. The first kappa shape index (κ1) is 13.6. The molecule has 1 aliphatic heterocycles. The van der Waals surface area contributed by atoms with E-state index in [-0.39, 0.29) is 22.5 Å². The molecule has 0 bridgehead atoms. The number of hydrogen-bond donors (Lipinski definition) is 4. The number of nitrogen functional groups attached to an aromatic ring is 1. The second-order valence-corrected chi connectivity index (χ2v) is 5.98. The normalized spacial score (nSPS) is 19.2. The predicted molar refractivity (Wildman–Crippen MR) is 71.9 cm³/mol. The van der Waals surface area contributed by atoms with Crippen molar-refractivity contribution >= 4 is 27.3 Å². The lowest BCUT2D eigenvalue weighted by atomic mass is 10.2. The first-order valence-electron chi connectivity index (χ1n) is 5.82. The third-order valence-electron chi connectivity index (χ3n) is 3.00. The van der Waals surface area contributed by atoms with Crippen LogP contribution in [0.25, 0.3) is 0 Å². The van der Waals surface area contributed by atoms with E-state index in [0.717, 1.165) is 6.42 Å². The number of nitrogens with two attached hydrogens (primary N) is 2. The van der Waals surface area contributed by atoms with Crippen LogP contribution in [-0.4, -0.2) is 26.9 Å². The van der Waals surface area contributed by atoms with Gasteiger partial charge in [0.1, 0.15) is 4.90 Å². The Labute approximate surface area is 111 Å². The highest BCUT2D eigenvalue weighted by molar-refractivity contribution is 7.89. The molecule has 0 aromatic heterocycles. The monoisotopic (exact) mass is 284 g/mol. The maximum atomic E-state index is 11.3. The van der Waals surface area contributed by atoms with E-state index in [1.54, 1.807) is 12.1 Å². The highest BCUT2D eigenvalue weighted by Gasteiger charge is 2.21. The fraction of sp³-hybridized carbons (Fsp3) is 0.364. The number of rotatable bonds is 4. The predicted octanol–water partition coefficient (Wildman–Crippen LogP) is -0.393. The number of hydrogen-bond acceptors (Lipinski definition) is 5. The lowest BCUT2D eigenvalue weighted by molar-refractivity contribution is -0.119. The lowest BCUT2D eigenvalue weighted by Gasteiger charge is -2.15. The number of primary sulfonamides is 1. The van der Waals surface area contributed by atoms with Gasteiger partial charge in [0, 0.05) is 19.0 Å². The Kier molecular flexibility index (Phi) is 3.63. The molecule has 2 rings (SSSR count). The highest BCUT2D eigenvalue weighted by atomic mass is 32.2. The lowest BCUT2D eigenvalue weighted by Crippen LogP contribution is -2.32. The van der Waals surface area contributed by atoms with Crippen LogP contribution in [-0.2, 0) is 14.8 Å². The average Bonchev–Trinajstić information content (AvgIpc) is 2.72. The Bertz CT molecular complexity index is 600. The molecular formula is C11H16N4O3S. The van der Waals surface area contributed by atoms with Crippen LogP contribution in [0.15, 0.2) is 23.1 Å². The number of carbonyl (C=O) groups excluding carboxylic acids is 1. The summed E-state index contributed by atoms with van der Waals surface area (Å²) in [6.45, 7) is 0.490. The molecule has 1 saturated heterocycles. The van der Waals surface area contributed by atoms with Gasteiger partial charge in [0.15, 0.2) is 0 Å². The van der Waals surface area contributed by atoms with Crippen molar-refractivity contribution < 1.29 is 13.2 Å². The zero-order chi connectivity index (χ0) is 14.0. The second kappa shape index (κ2) is 5.06. The molecule has 1 fully saturated rings. The van der Waals surface area contributed by atoms with E-state index < -0.39 is 10.0 Å². The van der Waals surface area contributed by atoms with E-state index in [0.29, 0.717) is 18.7 Å². The van der Waals surface area contributed by atoms with Gasteiger partial charge in [-0.25, -0.2) is 13.6 Å². The summed E-state index contributed by atoms with van der Waals surface area (Å²) in [6, 6.07) is 4.62. The summed E-state index contributed by atoms with van der Waals surface area (Å²) in [7, 11) is -3.84. The SMILES string of the molecule is Nc1c(NCC2CCC(=O)N2)cccc1S(N)(=O)=O. The molecule has 1 heterocycles. The van der Waals surface area contributed by atoms with Crippen molar-refractivity contribution in [3.8, 4) is 0 Å². The third kappa shape index (κ3) is 3.15. The Morgan fingerprint density at radius 2 is 2.16 bits per heavy atom. The number of sulfonamides is 1. The number of anilines is 2. The van der Waals surface area contributed by atoms with Crippen LogP contribution in [0.2, 0.25) is 0 Å². The van der Waals surface area contributed by atoms with E-state index in [1.807, 2.05) is 0 Å². The molecule has 6 N–H and O–H groups in total. The molecule has 0 saturated carbocycles. The highest BCUT2D eigenvalue weighted by Crippen LogP contribution is 2.25. The first-order chi connectivity index (χ1) is 8.88. The fourth-order valence-electron chi connectivity index (χ4n) is 2.01. The van der Waals surface area contributed by atoms with Crippen molar-refractivity contribution in [1.29, 1.82) is 0 Å². The van der Waals surface area contributed by atoms with Crippen molar-refractivity contribution in [3.63, 3.8) is 0 Å². The van der Waals surface area contributed by atoms with Gasteiger partial charge in [0.2, 0.25) is 15.9 Å². The van der Waals surface area contributed by atoms with Crippen LogP contribution in [0.5, 0.6) is 0 Å². The van der Waals surface area contributed by atoms with E-state index >= 15 is 0 Å². The van der Waals surface area contributed by atoms with Gasteiger partial charge in [-0.3, -0.25) is 4.79 Å². The van der Waals surface area contributed by atoms with Gasteiger partial charge in [-0.15, -0.1) is 0 Å². The summed E-state index contributed by atoms with van der Waals surface area (Å²) in [5.41, 5.74) is 6.36. The maximum absolute atomic E-state index is 11.3. The standard InChI is InChI=1S/C11H16N4O3S/c12-11-8(2-1-3-9(11)19(13,17)18)14-6-7-4-5-10(16)15-7/h1-3,7,14H,4-6,12H2,(H,15,16)(H2,13,17,18). The minimum Gasteiger partial charge on any atom is -0.396 e. The molecular weight excluding hydrogens is 268 g/mol. The third-order valence-corrected chi connectivity index (χ3v) is 3.97. The molecule has 8 heteroatoms. The van der Waals surface area contributed by atoms with Crippen molar-refractivity contribution in [1.82, 2.24) is 5.32 Å². The minimum atomic E-state index is -3.84. The van der Waals surface area contributed by atoms with Gasteiger partial charge in [0.05, 0.1) is 11.4 Å². The zero-order valence-electron chi connectivity index (χ0n) is 10.2. The summed E-state index contributed by atoms with van der Waals surface area (Å²) in [5, 5.41) is 10.9. The first-order valence-corrected chi connectivity index (χ1v) is 7.37. The molecule has 19 heavy (non-hydrogen) atoms. The largest absolute Gasteiger partial charge is 0.396 e. The molecule has 1 unspecified atom stereocenters. The minimum absolute atomic E-state index is 0.0260. The molecule has 7 nitrogen and oxygen atoms in total. The summed E-state index contributed by atoms with van der Waals surface area (Å²) >= 11 is 0. The number of nitrogens with one attached hydrogen (secondary N) is 2. The fourth-order valence-corrected chi connectivity index (χ4v) is 2.69. The summed E-state index contributed by atoms with van der Waals surface area (Å²) < 4.78 is 22.6. The molecule has 0 aliphatic carbocycles.